The molecule has 0 atom stereocenters. The van der Waals surface area contributed by atoms with Crippen LogP contribution in [-0.2, 0) is 20.7 Å². The molecule has 0 spiro atoms. The molecule has 0 aliphatic carbocycles. The van der Waals surface area contributed by atoms with Gasteiger partial charge in [0, 0.05) is 23.6 Å². The lowest BCUT2D eigenvalue weighted by atomic mass is 10.1. The highest BCUT2D eigenvalue weighted by Gasteiger charge is 2.16. The molecule has 0 unspecified atom stereocenters. The van der Waals surface area contributed by atoms with Gasteiger partial charge in [-0.25, -0.2) is 0 Å². The van der Waals surface area contributed by atoms with Crippen LogP contribution in [0.15, 0.2) is 42.5 Å². The van der Waals surface area contributed by atoms with E-state index in [2.05, 4.69) is 5.32 Å². The quantitative estimate of drug-likeness (QED) is 0.485. The van der Waals surface area contributed by atoms with Gasteiger partial charge in [0.15, 0.2) is 23.9 Å². The van der Waals surface area contributed by atoms with E-state index in [1.54, 1.807) is 30.3 Å². The van der Waals surface area contributed by atoms with Gasteiger partial charge in [-0.2, -0.15) is 0 Å². The predicted molar refractivity (Wildman–Crippen MR) is 110 cm³/mol. The Bertz CT molecular complexity index is 912. The van der Waals surface area contributed by atoms with Gasteiger partial charge in [-0.3, -0.25) is 14.4 Å². The van der Waals surface area contributed by atoms with Crippen molar-refractivity contribution in [3.05, 3.63) is 58.6 Å². The number of benzene rings is 2. The Balaban J connectivity index is 1.33. The lowest BCUT2D eigenvalue weighted by molar-refractivity contribution is -0.148. The van der Waals surface area contributed by atoms with Crippen LogP contribution in [0, 0.1) is 0 Å². The van der Waals surface area contributed by atoms with Gasteiger partial charge in [-0.15, -0.1) is 0 Å². The Hall–Kier alpha value is -3.06. The molecule has 1 aliphatic heterocycles. The van der Waals surface area contributed by atoms with E-state index in [-0.39, 0.29) is 25.2 Å². The zero-order chi connectivity index (χ0) is 21.3. The van der Waals surface area contributed by atoms with Crippen LogP contribution < -0.4 is 14.8 Å². The fourth-order valence-electron chi connectivity index (χ4n) is 2.84. The summed E-state index contributed by atoms with van der Waals surface area (Å²) in [5, 5.41) is 3.33. The zero-order valence-corrected chi connectivity index (χ0v) is 17.1. The molecule has 3 rings (SSSR count). The molecule has 0 bridgehead atoms. The number of carbonyl (C=O) groups is 3. The number of fused-ring (bicyclic) bond motifs is 1. The number of halogens is 1. The number of carbonyl (C=O) groups excluding carboxylic acids is 3. The Morgan fingerprint density at radius 3 is 2.47 bits per heavy atom. The molecule has 2 aromatic carbocycles. The van der Waals surface area contributed by atoms with E-state index in [1.807, 2.05) is 12.1 Å². The second-order valence-corrected chi connectivity index (χ2v) is 7.11. The largest absolute Gasteiger partial charge is 0.486 e. The molecule has 0 saturated heterocycles. The highest BCUT2D eigenvalue weighted by Crippen LogP contribution is 2.31. The van der Waals surface area contributed by atoms with Crippen molar-refractivity contribution in [1.82, 2.24) is 5.32 Å². The van der Waals surface area contributed by atoms with Crippen LogP contribution in [0.3, 0.4) is 0 Å². The van der Waals surface area contributed by atoms with Gasteiger partial charge in [0.05, 0.1) is 6.42 Å². The van der Waals surface area contributed by atoms with Gasteiger partial charge in [0.1, 0.15) is 13.2 Å². The van der Waals surface area contributed by atoms with Crippen LogP contribution in [0.2, 0.25) is 5.02 Å². The van der Waals surface area contributed by atoms with Crippen molar-refractivity contribution < 1.29 is 28.6 Å². The lowest BCUT2D eigenvalue weighted by Gasteiger charge is -2.18. The minimum absolute atomic E-state index is 0.0172. The molecule has 0 aromatic heterocycles. The zero-order valence-electron chi connectivity index (χ0n) is 16.3. The third-order valence-electron chi connectivity index (χ3n) is 4.43. The first kappa shape index (κ1) is 21.6. The fraction of sp³-hybridized carbons (Fsp3) is 0.318. The smallest absolute Gasteiger partial charge is 0.306 e. The maximum atomic E-state index is 12.3. The highest BCUT2D eigenvalue weighted by atomic mass is 35.5. The molecule has 0 fully saturated rings. The number of ether oxygens (including phenoxy) is 3. The summed E-state index contributed by atoms with van der Waals surface area (Å²) in [6.45, 7) is 0.942. The van der Waals surface area contributed by atoms with E-state index in [0.717, 1.165) is 5.56 Å². The summed E-state index contributed by atoms with van der Waals surface area (Å²) < 4.78 is 15.8. The SMILES string of the molecule is O=C(COC(=O)CCC(=O)c1ccc2c(c1)OCCO2)NCCc1ccc(Cl)cc1. The molecule has 2 aromatic rings. The van der Waals surface area contributed by atoms with E-state index in [9.17, 15) is 14.4 Å². The van der Waals surface area contributed by atoms with E-state index >= 15 is 0 Å². The summed E-state index contributed by atoms with van der Waals surface area (Å²) in [4.78, 5) is 35.9. The number of esters is 1. The molecule has 8 heteroatoms. The molecule has 1 aliphatic rings. The molecule has 30 heavy (non-hydrogen) atoms. The minimum atomic E-state index is -0.603. The highest BCUT2D eigenvalue weighted by molar-refractivity contribution is 6.30. The summed E-state index contributed by atoms with van der Waals surface area (Å²) >= 11 is 5.83. The maximum Gasteiger partial charge on any atom is 0.306 e. The Morgan fingerprint density at radius 1 is 0.967 bits per heavy atom. The number of hydrogen-bond donors (Lipinski definition) is 1. The van der Waals surface area contributed by atoms with Gasteiger partial charge in [-0.05, 0) is 42.3 Å². The number of ketones is 1. The molecule has 0 saturated carbocycles. The first-order valence-corrected chi connectivity index (χ1v) is 9.98. The van der Waals surface area contributed by atoms with Crippen molar-refractivity contribution in [1.29, 1.82) is 0 Å². The molecule has 7 nitrogen and oxygen atoms in total. The van der Waals surface area contributed by atoms with Crippen LogP contribution in [-0.4, -0.2) is 44.0 Å². The third kappa shape index (κ3) is 6.49. The number of amides is 1. The first-order valence-electron chi connectivity index (χ1n) is 9.61. The van der Waals surface area contributed by atoms with Crippen molar-refractivity contribution in [3.8, 4) is 11.5 Å². The van der Waals surface area contributed by atoms with Gasteiger partial charge in [0.25, 0.3) is 5.91 Å². The standard InChI is InChI=1S/C22H22ClNO6/c23-17-4-1-15(2-5-17)9-10-24-21(26)14-30-22(27)8-6-18(25)16-3-7-19-20(13-16)29-12-11-28-19/h1-5,7,13H,6,8-12,14H2,(H,24,26). The molecular formula is C22H22ClNO6. The molecule has 158 valence electrons. The van der Waals surface area contributed by atoms with Crippen molar-refractivity contribution >= 4 is 29.3 Å². The predicted octanol–water partition coefficient (Wildman–Crippen LogP) is 2.98. The van der Waals surface area contributed by atoms with Gasteiger partial charge < -0.3 is 19.5 Å². The van der Waals surface area contributed by atoms with E-state index in [0.29, 0.717) is 48.3 Å². The van der Waals surface area contributed by atoms with Crippen molar-refractivity contribution in [2.45, 2.75) is 19.3 Å². The van der Waals surface area contributed by atoms with E-state index in [1.165, 1.54) is 0 Å². The average Bonchev–Trinajstić information content (AvgIpc) is 2.77. The van der Waals surface area contributed by atoms with Crippen LogP contribution in [0.1, 0.15) is 28.8 Å². The Morgan fingerprint density at radius 2 is 1.70 bits per heavy atom. The summed E-state index contributed by atoms with van der Waals surface area (Å²) in [5.74, 6) is -0.0928. The topological polar surface area (TPSA) is 90.9 Å². The van der Waals surface area contributed by atoms with Crippen LogP contribution in [0.25, 0.3) is 0 Å². The van der Waals surface area contributed by atoms with Crippen LogP contribution >= 0.6 is 11.6 Å². The second-order valence-electron chi connectivity index (χ2n) is 6.67. The van der Waals surface area contributed by atoms with E-state index in [4.69, 9.17) is 25.8 Å². The molecule has 0 radical (unpaired) electrons. The fourth-order valence-corrected chi connectivity index (χ4v) is 2.97. The summed E-state index contributed by atoms with van der Waals surface area (Å²) in [7, 11) is 0. The molecule has 1 heterocycles. The second kappa shape index (κ2) is 10.6. The van der Waals surface area contributed by atoms with Gasteiger partial charge in [0.2, 0.25) is 0 Å². The maximum absolute atomic E-state index is 12.3. The van der Waals surface area contributed by atoms with Crippen molar-refractivity contribution in [3.63, 3.8) is 0 Å². The molecule has 1 amide bonds. The van der Waals surface area contributed by atoms with Gasteiger partial charge in [-0.1, -0.05) is 23.7 Å². The van der Waals surface area contributed by atoms with Crippen LogP contribution in [0.4, 0.5) is 0 Å². The van der Waals surface area contributed by atoms with Crippen molar-refractivity contribution in [2.75, 3.05) is 26.4 Å². The Labute approximate surface area is 179 Å². The number of Topliss-reactive ketones (excluding diaryl/α,β-unsaturated/α-hetero) is 1. The summed E-state index contributed by atoms with van der Waals surface area (Å²) in [6, 6.07) is 12.2. The normalized spacial score (nSPS) is 12.2. The third-order valence-corrected chi connectivity index (χ3v) is 4.69. The number of hydrogen-bond acceptors (Lipinski definition) is 6. The minimum Gasteiger partial charge on any atom is -0.486 e. The molecule has 1 N–H and O–H groups in total. The number of nitrogens with one attached hydrogen (secondary N) is 1. The molecular weight excluding hydrogens is 410 g/mol. The summed E-state index contributed by atoms with van der Waals surface area (Å²) in [6.07, 6.45) is 0.517. The first-order chi connectivity index (χ1) is 14.5. The lowest BCUT2D eigenvalue weighted by Crippen LogP contribution is -2.30. The number of rotatable bonds is 9. The van der Waals surface area contributed by atoms with E-state index < -0.39 is 11.9 Å². The van der Waals surface area contributed by atoms with Crippen LogP contribution in [0.5, 0.6) is 11.5 Å². The summed E-state index contributed by atoms with van der Waals surface area (Å²) in [5.41, 5.74) is 1.47. The monoisotopic (exact) mass is 431 g/mol. The Kier molecular flexibility index (Phi) is 7.68. The average molecular weight is 432 g/mol. The van der Waals surface area contributed by atoms with Crippen molar-refractivity contribution in [2.24, 2.45) is 0 Å². The van der Waals surface area contributed by atoms with Gasteiger partial charge >= 0.3 is 5.97 Å².